The van der Waals surface area contributed by atoms with E-state index in [1.807, 2.05) is 6.92 Å². The van der Waals surface area contributed by atoms with Crippen LogP contribution in [-0.4, -0.2) is 50.6 Å². The Morgan fingerprint density at radius 2 is 2.37 bits per heavy atom. The zero-order valence-corrected chi connectivity index (χ0v) is 12.0. The molecule has 0 spiro atoms. The van der Waals surface area contributed by atoms with Gasteiger partial charge in [0.25, 0.3) is 10.0 Å². The fraction of sp³-hybridized carbons (Fsp3) is 0.583. The number of anilines is 1. The van der Waals surface area contributed by atoms with Crippen LogP contribution in [-0.2, 0) is 14.8 Å². The van der Waals surface area contributed by atoms with Gasteiger partial charge in [0.15, 0.2) is 5.03 Å². The van der Waals surface area contributed by atoms with Crippen molar-refractivity contribution in [1.82, 2.24) is 9.29 Å². The number of hydrogen-bond acceptors (Lipinski definition) is 5. The van der Waals surface area contributed by atoms with Crippen LogP contribution in [0.2, 0.25) is 0 Å². The zero-order chi connectivity index (χ0) is 13.9. The fourth-order valence-electron chi connectivity index (χ4n) is 2.18. The third-order valence-electron chi connectivity index (χ3n) is 3.24. The van der Waals surface area contributed by atoms with Crippen molar-refractivity contribution in [2.75, 3.05) is 32.1 Å². The molecular weight excluding hydrogens is 266 g/mol. The predicted octanol–water partition coefficient (Wildman–Crippen LogP) is 0.923. The van der Waals surface area contributed by atoms with Gasteiger partial charge in [-0.3, -0.25) is 0 Å². The maximum atomic E-state index is 12.7. The number of hydrogen-bond donors (Lipinski definition) is 1. The van der Waals surface area contributed by atoms with Crippen molar-refractivity contribution >= 4 is 15.7 Å². The molecule has 1 aromatic rings. The second-order valence-electron chi connectivity index (χ2n) is 4.36. The number of morpholine rings is 1. The van der Waals surface area contributed by atoms with E-state index in [4.69, 9.17) is 4.74 Å². The SMILES string of the molecule is CCC1COCCN1S(=O)(=O)c1ncccc1NC. The Labute approximate surface area is 113 Å². The molecule has 1 saturated heterocycles. The highest BCUT2D eigenvalue weighted by molar-refractivity contribution is 7.89. The molecule has 1 aliphatic rings. The van der Waals surface area contributed by atoms with Gasteiger partial charge < -0.3 is 10.1 Å². The lowest BCUT2D eigenvalue weighted by Crippen LogP contribution is -2.48. The Bertz CT molecular complexity index is 533. The first-order valence-corrected chi connectivity index (χ1v) is 7.77. The van der Waals surface area contributed by atoms with Crippen molar-refractivity contribution in [3.05, 3.63) is 18.3 Å². The Morgan fingerprint density at radius 1 is 1.58 bits per heavy atom. The molecule has 1 atom stereocenters. The minimum absolute atomic E-state index is 0.0813. The van der Waals surface area contributed by atoms with E-state index in [1.165, 1.54) is 10.5 Å². The molecule has 0 aliphatic carbocycles. The summed E-state index contributed by atoms with van der Waals surface area (Å²) in [5.74, 6) is 0. The van der Waals surface area contributed by atoms with Crippen LogP contribution >= 0.6 is 0 Å². The first-order chi connectivity index (χ1) is 9.11. The van der Waals surface area contributed by atoms with Gasteiger partial charge in [0, 0.05) is 25.8 Å². The number of nitrogens with one attached hydrogen (secondary N) is 1. The molecule has 6 nitrogen and oxygen atoms in total. The summed E-state index contributed by atoms with van der Waals surface area (Å²) in [6.45, 7) is 3.20. The summed E-state index contributed by atoms with van der Waals surface area (Å²) in [6.07, 6.45) is 2.22. The number of sulfonamides is 1. The first kappa shape index (κ1) is 14.2. The minimum atomic E-state index is -3.59. The van der Waals surface area contributed by atoms with Crippen LogP contribution in [0.1, 0.15) is 13.3 Å². The first-order valence-electron chi connectivity index (χ1n) is 6.33. The Kier molecular flexibility index (Phi) is 4.38. The second kappa shape index (κ2) is 5.85. The van der Waals surface area contributed by atoms with Crippen LogP contribution in [0.25, 0.3) is 0 Å². The van der Waals surface area contributed by atoms with Gasteiger partial charge >= 0.3 is 0 Å². The van der Waals surface area contributed by atoms with Crippen LogP contribution in [0.3, 0.4) is 0 Å². The van der Waals surface area contributed by atoms with E-state index in [0.29, 0.717) is 25.4 Å². The molecule has 19 heavy (non-hydrogen) atoms. The summed E-state index contributed by atoms with van der Waals surface area (Å²) in [6, 6.07) is 3.30. The van der Waals surface area contributed by atoms with Gasteiger partial charge in [-0.2, -0.15) is 4.31 Å². The van der Waals surface area contributed by atoms with Gasteiger partial charge in [-0.05, 0) is 18.6 Å². The number of rotatable bonds is 4. The van der Waals surface area contributed by atoms with E-state index in [0.717, 1.165) is 6.42 Å². The largest absolute Gasteiger partial charge is 0.386 e. The summed E-state index contributed by atoms with van der Waals surface area (Å²) < 4.78 is 32.3. The summed E-state index contributed by atoms with van der Waals surface area (Å²) in [7, 11) is -1.90. The van der Waals surface area contributed by atoms with E-state index >= 15 is 0 Å². The highest BCUT2D eigenvalue weighted by atomic mass is 32.2. The number of nitrogens with zero attached hydrogens (tertiary/aromatic N) is 2. The van der Waals surface area contributed by atoms with Crippen molar-refractivity contribution in [2.45, 2.75) is 24.4 Å². The molecule has 0 aromatic carbocycles. The molecule has 0 saturated carbocycles. The standard InChI is InChI=1S/C12H19N3O3S/c1-3-10-9-18-8-7-15(10)19(16,17)12-11(13-2)5-4-6-14-12/h4-6,10,13H,3,7-9H2,1-2H3. The van der Waals surface area contributed by atoms with E-state index in [1.54, 1.807) is 19.2 Å². The number of ether oxygens (including phenoxy) is 1. The molecule has 0 radical (unpaired) electrons. The molecule has 1 unspecified atom stereocenters. The molecule has 0 bridgehead atoms. The van der Waals surface area contributed by atoms with Crippen LogP contribution in [0.5, 0.6) is 0 Å². The molecule has 106 valence electrons. The molecular formula is C12H19N3O3S. The molecule has 2 rings (SSSR count). The number of pyridine rings is 1. The molecule has 1 fully saturated rings. The third-order valence-corrected chi connectivity index (χ3v) is 5.15. The fourth-order valence-corrected chi connectivity index (χ4v) is 3.96. The predicted molar refractivity (Wildman–Crippen MR) is 72.6 cm³/mol. The molecule has 7 heteroatoms. The van der Waals surface area contributed by atoms with Crippen molar-refractivity contribution in [3.63, 3.8) is 0 Å². The molecule has 0 amide bonds. The van der Waals surface area contributed by atoms with Crippen molar-refractivity contribution < 1.29 is 13.2 Å². The van der Waals surface area contributed by atoms with E-state index < -0.39 is 10.0 Å². The van der Waals surface area contributed by atoms with Crippen molar-refractivity contribution in [1.29, 1.82) is 0 Å². The minimum Gasteiger partial charge on any atom is -0.386 e. The van der Waals surface area contributed by atoms with Crippen LogP contribution in [0, 0.1) is 0 Å². The summed E-state index contributed by atoms with van der Waals surface area (Å²) in [4.78, 5) is 4.03. The average Bonchev–Trinajstić information content (AvgIpc) is 2.47. The highest BCUT2D eigenvalue weighted by Crippen LogP contribution is 2.25. The molecule has 1 aromatic heterocycles. The van der Waals surface area contributed by atoms with Gasteiger partial charge in [0.2, 0.25) is 0 Å². The lowest BCUT2D eigenvalue weighted by molar-refractivity contribution is 0.0313. The normalized spacial score (nSPS) is 21.3. The van der Waals surface area contributed by atoms with E-state index in [9.17, 15) is 8.42 Å². The molecule has 1 N–H and O–H groups in total. The third kappa shape index (κ3) is 2.72. The maximum absolute atomic E-state index is 12.7. The van der Waals surface area contributed by atoms with Crippen LogP contribution in [0.15, 0.2) is 23.4 Å². The van der Waals surface area contributed by atoms with E-state index in [2.05, 4.69) is 10.3 Å². The monoisotopic (exact) mass is 285 g/mol. The summed E-state index contributed by atoms with van der Waals surface area (Å²) in [5, 5.41) is 2.96. The van der Waals surface area contributed by atoms with Crippen molar-refractivity contribution in [3.8, 4) is 0 Å². The highest BCUT2D eigenvalue weighted by Gasteiger charge is 2.35. The van der Waals surface area contributed by atoms with Crippen LogP contribution < -0.4 is 5.32 Å². The topological polar surface area (TPSA) is 71.5 Å². The molecule has 2 heterocycles. The van der Waals surface area contributed by atoms with Crippen LogP contribution in [0.4, 0.5) is 5.69 Å². The van der Waals surface area contributed by atoms with Gasteiger partial charge in [0.1, 0.15) is 0 Å². The maximum Gasteiger partial charge on any atom is 0.263 e. The number of aromatic nitrogens is 1. The quantitative estimate of drug-likeness (QED) is 0.891. The second-order valence-corrected chi connectivity index (χ2v) is 6.16. The molecule has 1 aliphatic heterocycles. The summed E-state index contributed by atoms with van der Waals surface area (Å²) >= 11 is 0. The van der Waals surface area contributed by atoms with Gasteiger partial charge in [-0.25, -0.2) is 13.4 Å². The van der Waals surface area contributed by atoms with Crippen molar-refractivity contribution in [2.24, 2.45) is 0 Å². The summed E-state index contributed by atoms with van der Waals surface area (Å²) in [5.41, 5.74) is 0.517. The Balaban J connectivity index is 2.40. The average molecular weight is 285 g/mol. The van der Waals surface area contributed by atoms with Gasteiger partial charge in [-0.1, -0.05) is 6.92 Å². The smallest absolute Gasteiger partial charge is 0.263 e. The Morgan fingerprint density at radius 3 is 3.05 bits per heavy atom. The Hall–Kier alpha value is -1.18. The lowest BCUT2D eigenvalue weighted by atomic mass is 10.2. The lowest BCUT2D eigenvalue weighted by Gasteiger charge is -2.33. The zero-order valence-electron chi connectivity index (χ0n) is 11.2. The van der Waals surface area contributed by atoms with Gasteiger partial charge in [-0.15, -0.1) is 0 Å². The van der Waals surface area contributed by atoms with E-state index in [-0.39, 0.29) is 11.1 Å². The van der Waals surface area contributed by atoms with Gasteiger partial charge in [0.05, 0.1) is 18.9 Å².